The number of carbonyl (C=O) groups excluding carboxylic acids is 2. The van der Waals surface area contributed by atoms with Gasteiger partial charge in [0.2, 0.25) is 0 Å². The summed E-state index contributed by atoms with van der Waals surface area (Å²) in [5.41, 5.74) is -0.139. The number of benzene rings is 1. The summed E-state index contributed by atoms with van der Waals surface area (Å²) < 4.78 is 36.4. The second-order valence-electron chi connectivity index (χ2n) is 4.83. The summed E-state index contributed by atoms with van der Waals surface area (Å²) in [6, 6.07) is 4.75. The topological polar surface area (TPSA) is 112 Å². The third-order valence-electron chi connectivity index (χ3n) is 3.11. The monoisotopic (exact) mass is 418 g/mol. The highest BCUT2D eigenvalue weighted by atomic mass is 35.5. The normalized spacial score (nSPS) is 10.9. The Hall–Kier alpha value is -2.36. The van der Waals surface area contributed by atoms with Crippen molar-refractivity contribution in [2.75, 3.05) is 18.9 Å². The van der Waals surface area contributed by atoms with Crippen LogP contribution in [0.15, 0.2) is 35.4 Å². The molecule has 0 saturated carbocycles. The van der Waals surface area contributed by atoms with Crippen molar-refractivity contribution < 1.29 is 27.5 Å². The number of halogens is 2. The summed E-state index contributed by atoms with van der Waals surface area (Å²) in [5, 5.41) is -0.0978. The fourth-order valence-electron chi connectivity index (χ4n) is 1.92. The van der Waals surface area contributed by atoms with Gasteiger partial charge in [-0.05, 0) is 24.3 Å². The summed E-state index contributed by atoms with van der Waals surface area (Å²) in [6.07, 6.45) is 1.02. The molecule has 0 unspecified atom stereocenters. The molecule has 1 heterocycles. The van der Waals surface area contributed by atoms with Crippen LogP contribution in [0.4, 0.5) is 5.69 Å². The molecule has 2 rings (SSSR count). The fraction of sp³-hybridized carbons (Fsp3) is 0.133. The van der Waals surface area contributed by atoms with Gasteiger partial charge in [-0.2, -0.15) is 0 Å². The maximum absolute atomic E-state index is 12.5. The van der Waals surface area contributed by atoms with E-state index < -0.39 is 22.0 Å². The van der Waals surface area contributed by atoms with E-state index in [4.69, 9.17) is 23.2 Å². The van der Waals surface area contributed by atoms with Crippen molar-refractivity contribution in [3.8, 4) is 0 Å². The number of nitrogens with one attached hydrogen (secondary N) is 1. The molecule has 26 heavy (non-hydrogen) atoms. The predicted octanol–water partition coefficient (Wildman–Crippen LogP) is 2.76. The van der Waals surface area contributed by atoms with Crippen molar-refractivity contribution >= 4 is 50.9 Å². The Morgan fingerprint density at radius 2 is 1.54 bits per heavy atom. The second kappa shape index (κ2) is 7.90. The maximum atomic E-state index is 12.5. The first-order valence-electron chi connectivity index (χ1n) is 6.83. The SMILES string of the molecule is COC(=O)c1cc(NS(=O)(=O)c2cnc(Cl)c(Cl)c2)cc(C(=O)OC)c1. The molecule has 11 heteroatoms. The molecule has 8 nitrogen and oxygen atoms in total. The Bertz CT molecular complexity index is 944. The van der Waals surface area contributed by atoms with E-state index in [1.807, 2.05) is 0 Å². The number of rotatable bonds is 5. The average Bonchev–Trinajstić information content (AvgIpc) is 2.61. The van der Waals surface area contributed by atoms with Crippen LogP contribution in [-0.4, -0.2) is 39.6 Å². The summed E-state index contributed by atoms with van der Waals surface area (Å²) in [4.78, 5) is 26.9. The molecule has 0 amide bonds. The first kappa shape index (κ1) is 20.0. The lowest BCUT2D eigenvalue weighted by Crippen LogP contribution is -2.15. The van der Waals surface area contributed by atoms with E-state index >= 15 is 0 Å². The summed E-state index contributed by atoms with van der Waals surface area (Å²) in [7, 11) is -1.81. The van der Waals surface area contributed by atoms with E-state index in [0.29, 0.717) is 0 Å². The Kier molecular flexibility index (Phi) is 6.06. The molecule has 1 N–H and O–H groups in total. The first-order valence-corrected chi connectivity index (χ1v) is 9.07. The Morgan fingerprint density at radius 3 is 2.00 bits per heavy atom. The zero-order valence-electron chi connectivity index (χ0n) is 13.4. The third-order valence-corrected chi connectivity index (χ3v) is 5.14. The number of sulfonamides is 1. The van der Waals surface area contributed by atoms with Crippen LogP contribution in [0.1, 0.15) is 20.7 Å². The molecule has 0 spiro atoms. The quantitative estimate of drug-likeness (QED) is 0.586. The van der Waals surface area contributed by atoms with Gasteiger partial charge in [0.25, 0.3) is 10.0 Å². The van der Waals surface area contributed by atoms with Crippen LogP contribution in [0.25, 0.3) is 0 Å². The highest BCUT2D eigenvalue weighted by Gasteiger charge is 2.20. The number of aromatic nitrogens is 1. The van der Waals surface area contributed by atoms with E-state index in [1.165, 1.54) is 18.2 Å². The smallest absolute Gasteiger partial charge is 0.337 e. The van der Waals surface area contributed by atoms with E-state index in [0.717, 1.165) is 26.5 Å². The number of anilines is 1. The molecule has 2 aromatic rings. The average molecular weight is 419 g/mol. The number of carbonyl (C=O) groups is 2. The van der Waals surface area contributed by atoms with Crippen molar-refractivity contribution in [2.45, 2.75) is 4.90 Å². The first-order chi connectivity index (χ1) is 12.2. The van der Waals surface area contributed by atoms with Crippen molar-refractivity contribution in [3.05, 3.63) is 51.8 Å². The zero-order chi connectivity index (χ0) is 19.5. The lowest BCUT2D eigenvalue weighted by atomic mass is 10.1. The summed E-state index contributed by atoms with van der Waals surface area (Å²) >= 11 is 11.5. The van der Waals surface area contributed by atoms with Crippen molar-refractivity contribution in [1.29, 1.82) is 0 Å². The molecule has 0 atom stereocenters. The number of ether oxygens (including phenoxy) is 2. The van der Waals surface area contributed by atoms with Crippen LogP contribution in [0.3, 0.4) is 0 Å². The molecule has 1 aromatic carbocycles. The number of hydrogen-bond acceptors (Lipinski definition) is 7. The Morgan fingerprint density at radius 1 is 1.00 bits per heavy atom. The van der Waals surface area contributed by atoms with Crippen LogP contribution < -0.4 is 4.72 Å². The second-order valence-corrected chi connectivity index (χ2v) is 7.28. The standard InChI is InChI=1S/C15H12Cl2N2O6S/c1-24-14(20)8-3-9(15(21)25-2)5-10(4-8)19-26(22,23)11-6-12(16)13(17)18-7-11/h3-7,19H,1-2H3. The van der Waals surface area contributed by atoms with Gasteiger partial charge in [0.05, 0.1) is 36.1 Å². The van der Waals surface area contributed by atoms with Crippen LogP contribution >= 0.6 is 23.2 Å². The molecular weight excluding hydrogens is 407 g/mol. The third kappa shape index (κ3) is 4.43. The molecule has 138 valence electrons. The molecule has 0 fully saturated rings. The summed E-state index contributed by atoms with van der Waals surface area (Å²) in [5.74, 6) is -1.51. The maximum Gasteiger partial charge on any atom is 0.337 e. The van der Waals surface area contributed by atoms with Gasteiger partial charge in [-0.1, -0.05) is 23.2 Å². The van der Waals surface area contributed by atoms with Crippen molar-refractivity contribution in [3.63, 3.8) is 0 Å². The number of pyridine rings is 1. The van der Waals surface area contributed by atoms with Gasteiger partial charge in [0, 0.05) is 6.20 Å². The molecule has 0 aliphatic heterocycles. The zero-order valence-corrected chi connectivity index (χ0v) is 15.8. The largest absolute Gasteiger partial charge is 0.465 e. The molecule has 0 aliphatic rings. The minimum absolute atomic E-state index is 0.0413. The minimum Gasteiger partial charge on any atom is -0.465 e. The van der Waals surface area contributed by atoms with Gasteiger partial charge in [-0.25, -0.2) is 23.0 Å². The lowest BCUT2D eigenvalue weighted by molar-refractivity contribution is 0.0599. The lowest BCUT2D eigenvalue weighted by Gasteiger charge is -2.11. The van der Waals surface area contributed by atoms with E-state index in [1.54, 1.807) is 0 Å². The number of esters is 2. The molecule has 1 aromatic heterocycles. The van der Waals surface area contributed by atoms with Gasteiger partial charge in [-0.3, -0.25) is 4.72 Å². The molecule has 0 aliphatic carbocycles. The van der Waals surface area contributed by atoms with Crippen LogP contribution in [0, 0.1) is 0 Å². The van der Waals surface area contributed by atoms with Gasteiger partial charge in [0.15, 0.2) is 0 Å². The Balaban J connectivity index is 2.48. The Labute approximate surface area is 159 Å². The van der Waals surface area contributed by atoms with Crippen molar-refractivity contribution in [2.24, 2.45) is 0 Å². The minimum atomic E-state index is -4.11. The number of hydrogen-bond donors (Lipinski definition) is 1. The highest BCUT2D eigenvalue weighted by molar-refractivity contribution is 7.92. The van der Waals surface area contributed by atoms with Crippen LogP contribution in [-0.2, 0) is 19.5 Å². The molecule has 0 radical (unpaired) electrons. The molecule has 0 bridgehead atoms. The molecular formula is C15H12Cl2N2O6S. The number of nitrogens with zero attached hydrogens (tertiary/aromatic N) is 1. The summed E-state index contributed by atoms with van der Waals surface area (Å²) in [6.45, 7) is 0. The predicted molar refractivity (Wildman–Crippen MR) is 94.2 cm³/mol. The van der Waals surface area contributed by atoms with Gasteiger partial charge < -0.3 is 9.47 Å². The van der Waals surface area contributed by atoms with E-state index in [2.05, 4.69) is 19.2 Å². The van der Waals surface area contributed by atoms with Gasteiger partial charge >= 0.3 is 11.9 Å². The van der Waals surface area contributed by atoms with Crippen LogP contribution in [0.2, 0.25) is 10.2 Å². The van der Waals surface area contributed by atoms with Crippen LogP contribution in [0.5, 0.6) is 0 Å². The van der Waals surface area contributed by atoms with E-state index in [-0.39, 0.29) is 31.9 Å². The van der Waals surface area contributed by atoms with Gasteiger partial charge in [0.1, 0.15) is 10.0 Å². The van der Waals surface area contributed by atoms with Gasteiger partial charge in [-0.15, -0.1) is 0 Å². The van der Waals surface area contributed by atoms with Crippen molar-refractivity contribution in [1.82, 2.24) is 4.98 Å². The fourth-order valence-corrected chi connectivity index (χ4v) is 3.27. The van der Waals surface area contributed by atoms with E-state index in [9.17, 15) is 18.0 Å². The molecule has 0 saturated heterocycles. The number of methoxy groups -OCH3 is 2. The highest BCUT2D eigenvalue weighted by Crippen LogP contribution is 2.25.